The van der Waals surface area contributed by atoms with Gasteiger partial charge in [0, 0.05) is 12.6 Å². The monoisotopic (exact) mass is 291 g/mol. The number of urea groups is 1. The van der Waals surface area contributed by atoms with Crippen molar-refractivity contribution in [3.05, 3.63) is 34.9 Å². The van der Waals surface area contributed by atoms with Crippen LogP contribution >= 0.6 is 12.2 Å². The summed E-state index contributed by atoms with van der Waals surface area (Å²) in [5.41, 5.74) is 7.86. The van der Waals surface area contributed by atoms with Gasteiger partial charge < -0.3 is 5.73 Å². The van der Waals surface area contributed by atoms with E-state index in [0.29, 0.717) is 5.56 Å². The minimum absolute atomic E-state index is 0.0528. The van der Waals surface area contributed by atoms with Crippen molar-refractivity contribution in [2.45, 2.75) is 13.5 Å². The van der Waals surface area contributed by atoms with E-state index in [2.05, 4.69) is 0 Å². The van der Waals surface area contributed by atoms with Crippen LogP contribution in [0.15, 0.2) is 18.2 Å². The molecule has 0 saturated carbocycles. The molecule has 1 aliphatic rings. The number of amides is 4. The summed E-state index contributed by atoms with van der Waals surface area (Å²) in [6.45, 7) is 1.88. The van der Waals surface area contributed by atoms with E-state index in [0.717, 1.165) is 20.9 Å². The third-order valence-electron chi connectivity index (χ3n) is 3.21. The number of hydrogen-bond donors (Lipinski definition) is 1. The van der Waals surface area contributed by atoms with Crippen LogP contribution in [0.5, 0.6) is 0 Å². The molecule has 1 fully saturated rings. The van der Waals surface area contributed by atoms with E-state index in [9.17, 15) is 14.4 Å². The van der Waals surface area contributed by atoms with Gasteiger partial charge in [0.05, 0.1) is 6.54 Å². The summed E-state index contributed by atoms with van der Waals surface area (Å²) in [5, 5.41) is 0. The van der Waals surface area contributed by atoms with Crippen molar-refractivity contribution in [1.29, 1.82) is 0 Å². The Hall–Kier alpha value is -2.28. The van der Waals surface area contributed by atoms with E-state index >= 15 is 0 Å². The van der Waals surface area contributed by atoms with Crippen molar-refractivity contribution in [1.82, 2.24) is 9.80 Å². The predicted octanol–water partition coefficient (Wildman–Crippen LogP) is 0.550. The Morgan fingerprint density at radius 1 is 1.25 bits per heavy atom. The zero-order valence-corrected chi connectivity index (χ0v) is 11.9. The SMILES string of the molecule is Cc1cc(C(N)=S)ccc1CN1C(=O)C(=O)N(C)C1=O. The van der Waals surface area contributed by atoms with Crippen molar-refractivity contribution in [2.75, 3.05) is 7.05 Å². The molecular formula is C13H13N3O3S. The van der Waals surface area contributed by atoms with Gasteiger partial charge in [-0.1, -0.05) is 24.4 Å². The minimum atomic E-state index is -0.813. The lowest BCUT2D eigenvalue weighted by atomic mass is 10.0. The van der Waals surface area contributed by atoms with E-state index in [-0.39, 0.29) is 11.5 Å². The van der Waals surface area contributed by atoms with Gasteiger partial charge in [-0.3, -0.25) is 19.4 Å². The van der Waals surface area contributed by atoms with Gasteiger partial charge in [0.1, 0.15) is 4.99 Å². The fourth-order valence-electron chi connectivity index (χ4n) is 1.95. The highest BCUT2D eigenvalue weighted by molar-refractivity contribution is 7.80. The first-order valence-corrected chi connectivity index (χ1v) is 6.26. The molecule has 7 heteroatoms. The molecule has 6 nitrogen and oxygen atoms in total. The van der Waals surface area contributed by atoms with Crippen LogP contribution in [-0.2, 0) is 16.1 Å². The van der Waals surface area contributed by atoms with Crippen LogP contribution in [-0.4, -0.2) is 39.7 Å². The lowest BCUT2D eigenvalue weighted by molar-refractivity contribution is -0.143. The standard InChI is InChI=1S/C13H13N3O3S/c1-7-5-8(10(14)20)3-4-9(7)6-16-12(18)11(17)15(2)13(16)19/h3-5H,6H2,1-2H3,(H2,14,20). The molecule has 0 radical (unpaired) electrons. The normalized spacial score (nSPS) is 15.2. The minimum Gasteiger partial charge on any atom is -0.389 e. The molecule has 1 saturated heterocycles. The van der Waals surface area contributed by atoms with Crippen molar-refractivity contribution in [3.63, 3.8) is 0 Å². The molecule has 0 spiro atoms. The summed E-state index contributed by atoms with van der Waals surface area (Å²) >= 11 is 4.88. The van der Waals surface area contributed by atoms with E-state index in [1.54, 1.807) is 18.2 Å². The van der Waals surface area contributed by atoms with Crippen LogP contribution in [0.25, 0.3) is 0 Å². The number of hydrogen-bond acceptors (Lipinski definition) is 4. The molecular weight excluding hydrogens is 278 g/mol. The van der Waals surface area contributed by atoms with Gasteiger partial charge in [-0.25, -0.2) is 4.79 Å². The van der Waals surface area contributed by atoms with Gasteiger partial charge in [-0.05, 0) is 24.1 Å². The van der Waals surface area contributed by atoms with Crippen LogP contribution in [0.2, 0.25) is 0 Å². The average Bonchev–Trinajstić information content (AvgIpc) is 2.58. The molecule has 0 atom stereocenters. The molecule has 1 heterocycles. The molecule has 0 aliphatic carbocycles. The summed E-state index contributed by atoms with van der Waals surface area (Å²) in [5.74, 6) is -1.62. The summed E-state index contributed by atoms with van der Waals surface area (Å²) in [6.07, 6.45) is 0. The van der Waals surface area contributed by atoms with Gasteiger partial charge in [-0.2, -0.15) is 0 Å². The molecule has 1 aromatic rings. The number of aryl methyl sites for hydroxylation is 1. The van der Waals surface area contributed by atoms with Gasteiger partial charge >= 0.3 is 17.8 Å². The molecule has 0 unspecified atom stereocenters. The Bertz CT molecular complexity index is 642. The Morgan fingerprint density at radius 3 is 2.35 bits per heavy atom. The highest BCUT2D eigenvalue weighted by atomic mass is 32.1. The van der Waals surface area contributed by atoms with Crippen LogP contribution in [0.4, 0.5) is 4.79 Å². The molecule has 0 aromatic heterocycles. The van der Waals surface area contributed by atoms with Crippen molar-refractivity contribution in [2.24, 2.45) is 5.73 Å². The quantitative estimate of drug-likeness (QED) is 0.499. The predicted molar refractivity (Wildman–Crippen MR) is 75.8 cm³/mol. The number of carbonyl (C=O) groups excluding carboxylic acids is 3. The first kappa shape index (κ1) is 14.1. The van der Waals surface area contributed by atoms with E-state index in [1.165, 1.54) is 7.05 Å². The summed E-state index contributed by atoms with van der Waals surface area (Å²) in [6, 6.07) is 4.64. The molecule has 1 aromatic carbocycles. The third-order valence-corrected chi connectivity index (χ3v) is 3.44. The van der Waals surface area contributed by atoms with Gasteiger partial charge in [0.2, 0.25) is 0 Å². The molecule has 104 valence electrons. The van der Waals surface area contributed by atoms with E-state index < -0.39 is 17.8 Å². The lowest BCUT2D eigenvalue weighted by Gasteiger charge is -2.15. The summed E-state index contributed by atoms with van der Waals surface area (Å²) in [4.78, 5) is 36.9. The number of thiocarbonyl (C=S) groups is 1. The topological polar surface area (TPSA) is 83.7 Å². The van der Waals surface area contributed by atoms with E-state index in [1.807, 2.05) is 6.92 Å². The summed E-state index contributed by atoms with van der Waals surface area (Å²) < 4.78 is 0. The number of carbonyl (C=O) groups is 3. The second kappa shape index (κ2) is 5.01. The zero-order chi connectivity index (χ0) is 15.0. The fourth-order valence-corrected chi connectivity index (χ4v) is 2.08. The molecule has 4 amide bonds. The Kier molecular flexibility index (Phi) is 3.54. The fraction of sp³-hybridized carbons (Fsp3) is 0.231. The maximum absolute atomic E-state index is 11.8. The van der Waals surface area contributed by atoms with Gasteiger partial charge in [0.25, 0.3) is 0 Å². The number of benzene rings is 1. The number of nitrogens with two attached hydrogens (primary N) is 1. The Balaban J connectivity index is 2.27. The Labute approximate surface area is 121 Å². The number of imide groups is 2. The average molecular weight is 291 g/mol. The second-order valence-electron chi connectivity index (χ2n) is 4.54. The van der Waals surface area contributed by atoms with Gasteiger partial charge in [-0.15, -0.1) is 0 Å². The first-order valence-electron chi connectivity index (χ1n) is 5.85. The highest BCUT2D eigenvalue weighted by Crippen LogP contribution is 2.18. The van der Waals surface area contributed by atoms with Gasteiger partial charge in [0.15, 0.2) is 0 Å². The molecule has 20 heavy (non-hydrogen) atoms. The van der Waals surface area contributed by atoms with Crippen LogP contribution < -0.4 is 5.73 Å². The van der Waals surface area contributed by atoms with Crippen molar-refractivity contribution in [3.8, 4) is 0 Å². The molecule has 1 aliphatic heterocycles. The lowest BCUT2D eigenvalue weighted by Crippen LogP contribution is -2.31. The Morgan fingerprint density at radius 2 is 1.90 bits per heavy atom. The molecule has 0 bridgehead atoms. The smallest absolute Gasteiger partial charge is 0.334 e. The molecule has 2 rings (SSSR count). The third kappa shape index (κ3) is 2.27. The summed E-state index contributed by atoms with van der Waals surface area (Å²) in [7, 11) is 1.28. The van der Waals surface area contributed by atoms with E-state index in [4.69, 9.17) is 18.0 Å². The second-order valence-corrected chi connectivity index (χ2v) is 4.98. The maximum Gasteiger partial charge on any atom is 0.334 e. The van der Waals surface area contributed by atoms with Crippen molar-refractivity contribution < 1.29 is 14.4 Å². The van der Waals surface area contributed by atoms with Crippen LogP contribution in [0, 0.1) is 6.92 Å². The number of nitrogens with zero attached hydrogens (tertiary/aromatic N) is 2. The number of likely N-dealkylation sites (N-methyl/N-ethyl adjacent to an activating group) is 1. The number of rotatable bonds is 3. The maximum atomic E-state index is 11.8. The zero-order valence-electron chi connectivity index (χ0n) is 11.0. The molecule has 2 N–H and O–H groups in total. The van der Waals surface area contributed by atoms with Crippen LogP contribution in [0.3, 0.4) is 0 Å². The largest absolute Gasteiger partial charge is 0.389 e. The van der Waals surface area contributed by atoms with Crippen LogP contribution in [0.1, 0.15) is 16.7 Å². The highest BCUT2D eigenvalue weighted by Gasteiger charge is 2.42. The van der Waals surface area contributed by atoms with Crippen molar-refractivity contribution >= 4 is 35.1 Å². The first-order chi connectivity index (χ1) is 9.32.